The topological polar surface area (TPSA) is 51.0 Å². The fourth-order valence-electron chi connectivity index (χ4n) is 1.92. The number of anilines is 1. The van der Waals surface area contributed by atoms with Gasteiger partial charge in [0.2, 0.25) is 0 Å². The van der Waals surface area contributed by atoms with E-state index in [1.54, 1.807) is 0 Å². The summed E-state index contributed by atoms with van der Waals surface area (Å²) in [6, 6.07) is 3.87. The molecule has 0 aliphatic carbocycles. The largest absolute Gasteiger partial charge is 0.458 e. The van der Waals surface area contributed by atoms with Gasteiger partial charge in [-0.25, -0.2) is 9.97 Å². The Morgan fingerprint density at radius 2 is 2.00 bits per heavy atom. The van der Waals surface area contributed by atoms with Crippen LogP contribution in [0, 0.1) is 10.5 Å². The van der Waals surface area contributed by atoms with Crippen LogP contribution in [0.25, 0.3) is 11.6 Å². The van der Waals surface area contributed by atoms with E-state index < -0.39 is 0 Å². The first-order valence-corrected chi connectivity index (χ1v) is 8.10. The summed E-state index contributed by atoms with van der Waals surface area (Å²) in [6.45, 7) is 7.15. The fraction of sp³-hybridized carbons (Fsp3) is 0.467. The summed E-state index contributed by atoms with van der Waals surface area (Å²) < 4.78 is 6.76. The number of halogens is 1. The maximum Gasteiger partial charge on any atom is 0.197 e. The van der Waals surface area contributed by atoms with E-state index in [0.717, 1.165) is 52.4 Å². The van der Waals surface area contributed by atoms with Crippen molar-refractivity contribution in [1.82, 2.24) is 9.97 Å². The second kappa shape index (κ2) is 7.06. The van der Waals surface area contributed by atoms with Gasteiger partial charge in [-0.05, 0) is 54.5 Å². The summed E-state index contributed by atoms with van der Waals surface area (Å²) >= 11 is 2.33. The monoisotopic (exact) mass is 385 g/mol. The molecule has 0 aliphatic heterocycles. The Hall–Kier alpha value is -1.11. The number of hydrogen-bond donors (Lipinski definition) is 1. The van der Waals surface area contributed by atoms with Crippen molar-refractivity contribution in [3.63, 3.8) is 0 Å². The first-order chi connectivity index (χ1) is 9.65. The van der Waals surface area contributed by atoms with Gasteiger partial charge in [0.05, 0.1) is 9.26 Å². The van der Waals surface area contributed by atoms with Gasteiger partial charge in [0, 0.05) is 6.54 Å². The maximum absolute atomic E-state index is 5.65. The zero-order valence-corrected chi connectivity index (χ0v) is 14.3. The first-order valence-electron chi connectivity index (χ1n) is 7.02. The molecule has 0 radical (unpaired) electrons. The standard InChI is InChI=1S/C15H20IN3O/c1-4-6-11-13(16)15(17-9-5-2)19-14(18-11)12-8-7-10(3)20-12/h7-8H,4-6,9H2,1-3H3,(H,17,18,19). The zero-order chi connectivity index (χ0) is 14.5. The Labute approximate surface area is 133 Å². The minimum atomic E-state index is 0.667. The molecule has 0 fully saturated rings. The average Bonchev–Trinajstić information content (AvgIpc) is 2.86. The van der Waals surface area contributed by atoms with Gasteiger partial charge in [-0.2, -0.15) is 0 Å². The second-order valence-corrected chi connectivity index (χ2v) is 5.82. The minimum absolute atomic E-state index is 0.667. The number of aromatic nitrogens is 2. The van der Waals surface area contributed by atoms with Crippen LogP contribution in [0.4, 0.5) is 5.82 Å². The van der Waals surface area contributed by atoms with Crippen LogP contribution in [0.2, 0.25) is 0 Å². The Kier molecular flexibility index (Phi) is 5.39. The minimum Gasteiger partial charge on any atom is -0.458 e. The lowest BCUT2D eigenvalue weighted by Gasteiger charge is -2.11. The van der Waals surface area contributed by atoms with Crippen LogP contribution in [-0.4, -0.2) is 16.5 Å². The molecule has 0 bridgehead atoms. The molecule has 0 atom stereocenters. The maximum atomic E-state index is 5.65. The van der Waals surface area contributed by atoms with Crippen LogP contribution in [0.1, 0.15) is 38.1 Å². The highest BCUT2D eigenvalue weighted by Crippen LogP contribution is 2.26. The molecule has 0 aliphatic rings. The lowest BCUT2D eigenvalue weighted by molar-refractivity contribution is 0.543. The van der Waals surface area contributed by atoms with Crippen molar-refractivity contribution in [2.75, 3.05) is 11.9 Å². The molecular weight excluding hydrogens is 365 g/mol. The van der Waals surface area contributed by atoms with Crippen LogP contribution in [0.3, 0.4) is 0 Å². The van der Waals surface area contributed by atoms with Crippen molar-refractivity contribution < 1.29 is 4.42 Å². The van der Waals surface area contributed by atoms with E-state index in [4.69, 9.17) is 4.42 Å². The molecule has 5 heteroatoms. The molecule has 0 unspecified atom stereocenters. The van der Waals surface area contributed by atoms with E-state index in [0.29, 0.717) is 5.82 Å². The molecule has 0 saturated carbocycles. The van der Waals surface area contributed by atoms with Gasteiger partial charge in [-0.3, -0.25) is 0 Å². The van der Waals surface area contributed by atoms with Crippen LogP contribution < -0.4 is 5.32 Å². The Balaban J connectivity index is 2.43. The molecule has 108 valence electrons. The predicted octanol–water partition coefficient (Wildman–Crippen LogP) is 4.42. The summed E-state index contributed by atoms with van der Waals surface area (Å²) in [5.41, 5.74) is 1.09. The smallest absolute Gasteiger partial charge is 0.197 e. The van der Waals surface area contributed by atoms with Crippen molar-refractivity contribution in [3.8, 4) is 11.6 Å². The summed E-state index contributed by atoms with van der Waals surface area (Å²) in [5.74, 6) is 3.19. The van der Waals surface area contributed by atoms with Gasteiger partial charge in [0.15, 0.2) is 11.6 Å². The Morgan fingerprint density at radius 3 is 2.60 bits per heavy atom. The molecule has 4 nitrogen and oxygen atoms in total. The number of hydrogen-bond acceptors (Lipinski definition) is 4. The molecule has 2 heterocycles. The molecule has 0 saturated heterocycles. The van der Waals surface area contributed by atoms with Gasteiger partial charge >= 0.3 is 0 Å². The lowest BCUT2D eigenvalue weighted by Crippen LogP contribution is -2.09. The van der Waals surface area contributed by atoms with E-state index in [-0.39, 0.29) is 0 Å². The molecule has 0 amide bonds. The number of furan rings is 1. The van der Waals surface area contributed by atoms with Gasteiger partial charge in [-0.1, -0.05) is 20.3 Å². The quantitative estimate of drug-likeness (QED) is 0.748. The number of aryl methyl sites for hydroxylation is 2. The van der Waals surface area contributed by atoms with Gasteiger partial charge in [-0.15, -0.1) is 0 Å². The third-order valence-electron chi connectivity index (χ3n) is 2.91. The van der Waals surface area contributed by atoms with Crippen molar-refractivity contribution >= 4 is 28.4 Å². The molecule has 2 aromatic heterocycles. The molecular formula is C15H20IN3O. The van der Waals surface area contributed by atoms with Gasteiger partial charge < -0.3 is 9.73 Å². The number of nitrogens with one attached hydrogen (secondary N) is 1. The summed E-state index contributed by atoms with van der Waals surface area (Å²) in [4.78, 5) is 9.27. The molecule has 2 aromatic rings. The molecule has 2 rings (SSSR count). The van der Waals surface area contributed by atoms with E-state index in [2.05, 4.69) is 51.7 Å². The summed E-state index contributed by atoms with van der Waals surface area (Å²) in [6.07, 6.45) is 3.09. The molecule has 1 N–H and O–H groups in total. The normalized spacial score (nSPS) is 10.8. The van der Waals surface area contributed by atoms with Gasteiger partial charge in [0.1, 0.15) is 11.6 Å². The van der Waals surface area contributed by atoms with Crippen LogP contribution >= 0.6 is 22.6 Å². The summed E-state index contributed by atoms with van der Waals surface area (Å²) in [5, 5.41) is 3.38. The highest BCUT2D eigenvalue weighted by molar-refractivity contribution is 14.1. The highest BCUT2D eigenvalue weighted by atomic mass is 127. The van der Waals surface area contributed by atoms with Crippen LogP contribution in [-0.2, 0) is 6.42 Å². The fourth-order valence-corrected chi connectivity index (χ4v) is 2.62. The predicted molar refractivity (Wildman–Crippen MR) is 90.0 cm³/mol. The van der Waals surface area contributed by atoms with E-state index in [1.807, 2.05) is 19.1 Å². The van der Waals surface area contributed by atoms with Crippen molar-refractivity contribution in [2.24, 2.45) is 0 Å². The van der Waals surface area contributed by atoms with Crippen molar-refractivity contribution in [3.05, 3.63) is 27.2 Å². The van der Waals surface area contributed by atoms with E-state index >= 15 is 0 Å². The number of nitrogens with zero attached hydrogens (tertiary/aromatic N) is 2. The van der Waals surface area contributed by atoms with Crippen LogP contribution in [0.5, 0.6) is 0 Å². The third kappa shape index (κ3) is 3.50. The van der Waals surface area contributed by atoms with E-state index in [1.165, 1.54) is 0 Å². The van der Waals surface area contributed by atoms with Gasteiger partial charge in [0.25, 0.3) is 0 Å². The SMILES string of the molecule is CCCNc1nc(-c2ccc(C)o2)nc(CCC)c1I. The Morgan fingerprint density at radius 1 is 1.20 bits per heavy atom. The second-order valence-electron chi connectivity index (χ2n) is 4.74. The zero-order valence-electron chi connectivity index (χ0n) is 12.2. The van der Waals surface area contributed by atoms with Crippen molar-refractivity contribution in [2.45, 2.75) is 40.0 Å². The summed E-state index contributed by atoms with van der Waals surface area (Å²) in [7, 11) is 0. The number of rotatable bonds is 6. The highest BCUT2D eigenvalue weighted by Gasteiger charge is 2.14. The Bertz CT molecular complexity index is 580. The van der Waals surface area contributed by atoms with E-state index in [9.17, 15) is 0 Å². The molecule has 20 heavy (non-hydrogen) atoms. The lowest BCUT2D eigenvalue weighted by atomic mass is 10.2. The third-order valence-corrected chi connectivity index (χ3v) is 4.04. The molecule has 0 spiro atoms. The first kappa shape index (κ1) is 15.3. The average molecular weight is 385 g/mol. The molecule has 0 aromatic carbocycles. The van der Waals surface area contributed by atoms with Crippen molar-refractivity contribution in [1.29, 1.82) is 0 Å². The van der Waals surface area contributed by atoms with Crippen LogP contribution in [0.15, 0.2) is 16.5 Å².